The minimum atomic E-state index is 0. The molecular formula is C86H82BrI2N12NaO5. The monoisotopic (exact) mass is 1720 g/mol. The van der Waals surface area contributed by atoms with Gasteiger partial charge in [-0.05, 0) is 292 Å². The number of unbranched alkanes of at least 4 members (excludes halogenated alkanes) is 3. The Bertz CT molecular complexity index is 5130. The van der Waals surface area contributed by atoms with Crippen molar-refractivity contribution in [2.45, 2.75) is 72.1 Å². The summed E-state index contributed by atoms with van der Waals surface area (Å²) in [6.45, 7) is 6.98. The van der Waals surface area contributed by atoms with Crippen LogP contribution in [0, 0.1) is 41.1 Å². The Labute approximate surface area is 683 Å². The number of phenols is 2. The van der Waals surface area contributed by atoms with Crippen LogP contribution in [-0.4, -0.2) is 64.9 Å². The van der Waals surface area contributed by atoms with E-state index in [-0.39, 0.29) is 41.9 Å². The van der Waals surface area contributed by atoms with Crippen LogP contribution < -0.4 is 60.9 Å². The third-order valence-electron chi connectivity index (χ3n) is 15.9. The zero-order valence-corrected chi connectivity index (χ0v) is 68.1. The number of halogens is 3. The smallest absolute Gasteiger partial charge is 0.855 e. The summed E-state index contributed by atoms with van der Waals surface area (Å²) in [6, 6.07) is 81.4. The maximum absolute atomic E-state index is 9.22. The van der Waals surface area contributed by atoms with Crippen molar-refractivity contribution in [2.75, 3.05) is 41.9 Å². The molecule has 10 aromatic carbocycles. The molecule has 0 saturated carbocycles. The van der Waals surface area contributed by atoms with Gasteiger partial charge in [-0.2, -0.15) is 26.0 Å². The summed E-state index contributed by atoms with van der Waals surface area (Å²) in [5.74, 6) is 2.29. The number of benzene rings is 10. The van der Waals surface area contributed by atoms with Gasteiger partial charge in [0, 0.05) is 113 Å². The maximum Gasteiger partial charge on any atom is 1.00 e. The van der Waals surface area contributed by atoms with Gasteiger partial charge in [-0.1, -0.05) is 85.2 Å². The molecule has 0 fully saturated rings. The van der Waals surface area contributed by atoms with Crippen molar-refractivity contribution >= 4 is 127 Å². The molecule has 21 heteroatoms. The predicted molar refractivity (Wildman–Crippen MR) is 449 cm³/mol. The Kier molecular flexibility index (Phi) is 35.8. The molecule has 14 rings (SSSR count). The number of aromatic nitrogens is 6. The average Bonchev–Trinajstić information content (AvgIpc) is 1.28. The van der Waals surface area contributed by atoms with Crippen molar-refractivity contribution in [1.29, 1.82) is 15.8 Å². The summed E-state index contributed by atoms with van der Waals surface area (Å²) >= 11 is 7.82. The molecule has 14 aromatic rings. The van der Waals surface area contributed by atoms with Crippen LogP contribution in [-0.2, 0) is 12.8 Å². The number of nitrogens with two attached hydrogens (primary N) is 2. The van der Waals surface area contributed by atoms with Crippen molar-refractivity contribution in [1.82, 2.24) is 29.5 Å². The summed E-state index contributed by atoms with van der Waals surface area (Å²) in [5, 5.41) is 75.3. The van der Waals surface area contributed by atoms with Gasteiger partial charge < -0.3 is 41.6 Å². The third kappa shape index (κ3) is 25.9. The van der Waals surface area contributed by atoms with E-state index in [2.05, 4.69) is 186 Å². The SMILES string of the molecule is CC[O-].CCc1cc(-c2cccnc2)nn1-c1ccc(N)cc1.CCc1cc(-c2cccnc2)nn1-c1ccc(Nc2cccc3cc(OCCCC#N)ccc23)cc1.N#CCCCBr.N#CCCCOc1ccc2c(I)cccc2c1.Nc1cccc2cc(O)ccc12.Oc1ccc2c(I)cccc2c1.[Na+]. The molecule has 7 N–H and O–H groups in total. The van der Waals surface area contributed by atoms with Crippen molar-refractivity contribution in [2.24, 2.45) is 0 Å². The minimum absolute atomic E-state index is 0. The van der Waals surface area contributed by atoms with Crippen molar-refractivity contribution in [3.05, 3.63) is 274 Å². The summed E-state index contributed by atoms with van der Waals surface area (Å²) in [6.07, 6.45) is 13.2. The van der Waals surface area contributed by atoms with Crippen molar-refractivity contribution in [3.63, 3.8) is 0 Å². The van der Waals surface area contributed by atoms with Gasteiger partial charge in [-0.3, -0.25) is 9.97 Å². The number of rotatable bonds is 18. The third-order valence-corrected chi connectivity index (χ3v) is 18.4. The number of aryl methyl sites for hydroxylation is 2. The molecule has 0 spiro atoms. The molecule has 4 heterocycles. The van der Waals surface area contributed by atoms with E-state index in [1.807, 2.05) is 155 Å². The molecule has 0 saturated heterocycles. The van der Waals surface area contributed by atoms with Crippen molar-refractivity contribution in [3.8, 4) is 75.1 Å². The second-order valence-electron chi connectivity index (χ2n) is 23.5. The number of nitrogens with zero attached hydrogens (tertiary/aromatic N) is 9. The van der Waals surface area contributed by atoms with Gasteiger partial charge in [0.15, 0.2) is 0 Å². The molecule has 17 nitrogen and oxygen atoms in total. The normalized spacial score (nSPS) is 10.1. The first-order valence-electron chi connectivity index (χ1n) is 34.5. The van der Waals surface area contributed by atoms with Gasteiger partial charge in [0.2, 0.25) is 0 Å². The average molecular weight is 1720 g/mol. The first-order chi connectivity index (χ1) is 51.7. The Morgan fingerprint density at radius 3 is 1.37 bits per heavy atom. The number of fused-ring (bicyclic) bond motifs is 4. The first-order valence-corrected chi connectivity index (χ1v) is 37.8. The van der Waals surface area contributed by atoms with Crippen LogP contribution in [0.5, 0.6) is 23.0 Å². The fourth-order valence-corrected chi connectivity index (χ4v) is 12.4. The zero-order valence-electron chi connectivity index (χ0n) is 60.2. The van der Waals surface area contributed by atoms with Gasteiger partial charge in [-0.25, -0.2) is 9.36 Å². The number of ether oxygens (including phenoxy) is 2. The van der Waals surface area contributed by atoms with E-state index >= 15 is 0 Å². The molecule has 107 heavy (non-hydrogen) atoms. The summed E-state index contributed by atoms with van der Waals surface area (Å²) in [5.41, 5.74) is 23.2. The van der Waals surface area contributed by atoms with E-state index in [0.717, 1.165) is 144 Å². The first kappa shape index (κ1) is 84.2. The molecule has 538 valence electrons. The Balaban J connectivity index is 0.000000192. The number of alkyl halides is 1. The van der Waals surface area contributed by atoms with Crippen LogP contribution >= 0.6 is 61.1 Å². The number of nitriles is 3. The second-order valence-corrected chi connectivity index (χ2v) is 26.6. The standard InChI is InChI=1S/C30H27N5O.C16H16N4.C14H12INO.C10H7IO.C10H9NO.C4H6BrN.C2H5O.Na/c1-2-25-20-30(23-8-6-17-32-21-23)34-35(25)26-12-10-24(11-13-26)33-29-9-5-7-22-19-27(14-15-28(22)29)36-18-4-3-16-31;1-2-14-10-16(12-4-3-9-18-11-12)19-20(14)15-7-5-13(17)6-8-15;15-14-5-3-4-11-10-12(6-7-13(11)14)17-9-2-1-8-16;2*11-10-3-1-2-7-6-8(12)4-5-9(7)10;5-3-1-2-4-6;1-2-3;/h5-15,17,19-21,33H,2-4,18H2,1H3;3-11H,2,17H2,1H3;3-7,10H,1-2,9H2;1-6,12H;1-6,12H,11H2;1-3H2;2H2,1H3;/q;;;;;;-1;+1. The quantitative estimate of drug-likeness (QED) is 0.0176. The zero-order chi connectivity index (χ0) is 75.4. The van der Waals surface area contributed by atoms with Crippen LogP contribution in [0.25, 0.3) is 77.0 Å². The number of nitrogens with one attached hydrogen (secondary N) is 1. The molecule has 0 bridgehead atoms. The number of hydrogen-bond acceptors (Lipinski definition) is 15. The molecule has 0 aliphatic rings. The number of hydrogen-bond donors (Lipinski definition) is 5. The molecule has 0 atom stereocenters. The van der Waals surface area contributed by atoms with E-state index in [1.165, 1.54) is 23.3 Å². The Hall–Kier alpha value is -10.1. The van der Waals surface area contributed by atoms with Crippen molar-refractivity contribution < 1.29 is 54.4 Å². The molecular weight excluding hydrogens is 1640 g/mol. The number of aromatic hydroxyl groups is 2. The Morgan fingerprint density at radius 2 is 0.916 bits per heavy atom. The molecule has 0 amide bonds. The van der Waals surface area contributed by atoms with E-state index in [0.29, 0.717) is 38.2 Å². The second kappa shape index (κ2) is 45.4. The predicted octanol–water partition coefficient (Wildman–Crippen LogP) is 17.6. The molecule has 0 radical (unpaired) electrons. The number of pyridine rings is 2. The largest absolute Gasteiger partial charge is 1.00 e. The van der Waals surface area contributed by atoms with Gasteiger partial charge in [-0.15, -0.1) is 6.61 Å². The van der Waals surface area contributed by atoms with E-state index < -0.39 is 0 Å². The molecule has 0 aliphatic carbocycles. The molecule has 4 aromatic heterocycles. The van der Waals surface area contributed by atoms with Crippen LogP contribution in [0.3, 0.4) is 0 Å². The van der Waals surface area contributed by atoms with Crippen LogP contribution in [0.1, 0.15) is 70.7 Å². The molecule has 0 aliphatic heterocycles. The summed E-state index contributed by atoms with van der Waals surface area (Å²) < 4.78 is 17.8. The van der Waals surface area contributed by atoms with Gasteiger partial charge in [0.25, 0.3) is 0 Å². The van der Waals surface area contributed by atoms with E-state index in [1.54, 1.807) is 43.6 Å². The van der Waals surface area contributed by atoms with Gasteiger partial charge >= 0.3 is 29.6 Å². The van der Waals surface area contributed by atoms with E-state index in [4.69, 9.17) is 46.9 Å². The summed E-state index contributed by atoms with van der Waals surface area (Å²) in [7, 11) is 0. The fraction of sp³-hybridized carbons (Fsp3) is 0.174. The fourth-order valence-electron chi connectivity index (χ4n) is 10.7. The number of anilines is 4. The number of phenolic OH excluding ortho intramolecular Hbond substituents is 2. The van der Waals surface area contributed by atoms with Crippen LogP contribution in [0.15, 0.2) is 255 Å². The topological polar surface area (TPSA) is 279 Å². The van der Waals surface area contributed by atoms with E-state index in [9.17, 15) is 10.2 Å². The Morgan fingerprint density at radius 1 is 0.495 bits per heavy atom. The van der Waals surface area contributed by atoms with Crippen LogP contribution in [0.2, 0.25) is 0 Å². The molecule has 0 unspecified atom stereocenters. The van der Waals surface area contributed by atoms with Gasteiger partial charge in [0.1, 0.15) is 23.0 Å². The summed E-state index contributed by atoms with van der Waals surface area (Å²) in [4.78, 5) is 8.37. The minimum Gasteiger partial charge on any atom is -0.855 e. The van der Waals surface area contributed by atoms with Gasteiger partial charge in [0.05, 0.1) is 54.2 Å². The maximum atomic E-state index is 9.22. The number of nitrogen functional groups attached to an aromatic ring is 2. The van der Waals surface area contributed by atoms with Crippen LogP contribution in [0.4, 0.5) is 22.7 Å².